The minimum absolute atomic E-state index is 0.0865. The van der Waals surface area contributed by atoms with Crippen molar-refractivity contribution in [2.45, 2.75) is 26.3 Å². The normalized spacial score (nSPS) is 11.7. The van der Waals surface area contributed by atoms with Crippen molar-refractivity contribution < 1.29 is 9.18 Å². The predicted molar refractivity (Wildman–Crippen MR) is 104 cm³/mol. The molecule has 5 nitrogen and oxygen atoms in total. The van der Waals surface area contributed by atoms with Crippen LogP contribution in [0.2, 0.25) is 0 Å². The summed E-state index contributed by atoms with van der Waals surface area (Å²) in [5.74, 6) is 0.729. The smallest absolute Gasteiger partial charge is 0.251 e. The van der Waals surface area contributed by atoms with Gasteiger partial charge in [-0.1, -0.05) is 6.92 Å². The molecule has 3 aromatic rings. The number of carbonyl (C=O) groups is 1. The van der Waals surface area contributed by atoms with Crippen LogP contribution < -0.4 is 10.6 Å². The van der Waals surface area contributed by atoms with Gasteiger partial charge in [-0.05, 0) is 67.9 Å². The molecule has 2 N–H and O–H groups in total. The summed E-state index contributed by atoms with van der Waals surface area (Å²) in [6.45, 7) is 4.00. The Morgan fingerprint density at radius 1 is 1.07 bits per heavy atom. The van der Waals surface area contributed by atoms with Crippen LogP contribution in [-0.4, -0.2) is 21.9 Å². The largest absolute Gasteiger partial charge is 0.350 e. The number of hydrogen-bond acceptors (Lipinski definition) is 4. The molecule has 6 heteroatoms. The Labute approximate surface area is 157 Å². The Kier molecular flexibility index (Phi) is 5.76. The molecule has 2 aromatic carbocycles. The monoisotopic (exact) mass is 364 g/mol. The Balaban J connectivity index is 1.71. The topological polar surface area (TPSA) is 66.9 Å². The van der Waals surface area contributed by atoms with E-state index in [1.165, 1.54) is 12.1 Å². The third kappa shape index (κ3) is 4.88. The predicted octanol–water partition coefficient (Wildman–Crippen LogP) is 4.55. The second-order valence-corrected chi connectivity index (χ2v) is 6.26. The molecule has 138 valence electrons. The van der Waals surface area contributed by atoms with Gasteiger partial charge in [0.25, 0.3) is 5.91 Å². The molecule has 0 spiro atoms. The molecule has 27 heavy (non-hydrogen) atoms. The molecule has 1 amide bonds. The molecule has 0 fully saturated rings. The highest BCUT2D eigenvalue weighted by Gasteiger charge is 2.09. The molecule has 1 heterocycles. The van der Waals surface area contributed by atoms with Crippen molar-refractivity contribution in [3.05, 3.63) is 72.2 Å². The van der Waals surface area contributed by atoms with Gasteiger partial charge in [-0.3, -0.25) is 4.79 Å². The first kappa shape index (κ1) is 18.5. The summed E-state index contributed by atoms with van der Waals surface area (Å²) in [7, 11) is 0. The maximum atomic E-state index is 13.1. The van der Waals surface area contributed by atoms with Crippen molar-refractivity contribution in [3.8, 4) is 11.4 Å². The number of rotatable bonds is 6. The van der Waals surface area contributed by atoms with Gasteiger partial charge in [0, 0.05) is 29.1 Å². The first-order valence-corrected chi connectivity index (χ1v) is 8.82. The molecule has 1 atom stereocenters. The van der Waals surface area contributed by atoms with Gasteiger partial charge in [0.2, 0.25) is 0 Å². The molecule has 0 bridgehead atoms. The molecule has 0 saturated heterocycles. The van der Waals surface area contributed by atoms with E-state index in [-0.39, 0.29) is 17.8 Å². The third-order valence-corrected chi connectivity index (χ3v) is 4.17. The highest BCUT2D eigenvalue weighted by Crippen LogP contribution is 2.19. The zero-order valence-corrected chi connectivity index (χ0v) is 15.2. The van der Waals surface area contributed by atoms with E-state index in [2.05, 4.69) is 20.6 Å². The molecular weight excluding hydrogens is 343 g/mol. The highest BCUT2D eigenvalue weighted by atomic mass is 19.1. The second kappa shape index (κ2) is 8.40. The van der Waals surface area contributed by atoms with Gasteiger partial charge in [-0.2, -0.15) is 0 Å². The third-order valence-electron chi connectivity index (χ3n) is 4.17. The van der Waals surface area contributed by atoms with Gasteiger partial charge in [0.05, 0.1) is 0 Å². The lowest BCUT2D eigenvalue weighted by molar-refractivity contribution is 0.0939. The summed E-state index contributed by atoms with van der Waals surface area (Å²) in [4.78, 5) is 20.8. The summed E-state index contributed by atoms with van der Waals surface area (Å²) < 4.78 is 13.1. The Morgan fingerprint density at radius 2 is 1.78 bits per heavy atom. The number of nitrogens with zero attached hydrogens (tertiary/aromatic N) is 2. The van der Waals surface area contributed by atoms with E-state index >= 15 is 0 Å². The Bertz CT molecular complexity index is 910. The molecule has 0 aliphatic carbocycles. The average Bonchev–Trinajstić information content (AvgIpc) is 2.69. The van der Waals surface area contributed by atoms with Crippen molar-refractivity contribution in [1.82, 2.24) is 15.3 Å². The van der Waals surface area contributed by atoms with Gasteiger partial charge < -0.3 is 10.6 Å². The first-order valence-electron chi connectivity index (χ1n) is 8.82. The summed E-state index contributed by atoms with van der Waals surface area (Å²) >= 11 is 0. The lowest BCUT2D eigenvalue weighted by atomic mass is 10.1. The van der Waals surface area contributed by atoms with Crippen LogP contribution in [-0.2, 0) is 0 Å². The van der Waals surface area contributed by atoms with Gasteiger partial charge in [-0.15, -0.1) is 0 Å². The van der Waals surface area contributed by atoms with Crippen LogP contribution in [0.15, 0.2) is 60.8 Å². The number of nitrogens with one attached hydrogen (secondary N) is 2. The summed E-state index contributed by atoms with van der Waals surface area (Å²) in [6, 6.07) is 15.1. The lowest BCUT2D eigenvalue weighted by Gasteiger charge is -2.12. The number of hydrogen-bond donors (Lipinski definition) is 2. The van der Waals surface area contributed by atoms with E-state index in [1.807, 2.05) is 26.0 Å². The number of carbonyl (C=O) groups excluding carboxylic acids is 1. The maximum absolute atomic E-state index is 13.1. The van der Waals surface area contributed by atoms with E-state index in [0.29, 0.717) is 17.2 Å². The van der Waals surface area contributed by atoms with Crippen LogP contribution >= 0.6 is 0 Å². The second-order valence-electron chi connectivity index (χ2n) is 6.26. The number of anilines is 2. The van der Waals surface area contributed by atoms with Crippen LogP contribution in [0.25, 0.3) is 11.4 Å². The van der Waals surface area contributed by atoms with Crippen molar-refractivity contribution in [3.63, 3.8) is 0 Å². The van der Waals surface area contributed by atoms with Crippen molar-refractivity contribution >= 4 is 17.4 Å². The van der Waals surface area contributed by atoms with E-state index in [0.717, 1.165) is 17.7 Å². The summed E-state index contributed by atoms with van der Waals surface area (Å²) in [5, 5.41) is 6.12. The van der Waals surface area contributed by atoms with Crippen LogP contribution in [0.4, 0.5) is 15.9 Å². The van der Waals surface area contributed by atoms with Gasteiger partial charge in [0.1, 0.15) is 11.6 Å². The number of amides is 1. The van der Waals surface area contributed by atoms with E-state index < -0.39 is 0 Å². The highest BCUT2D eigenvalue weighted by molar-refractivity contribution is 5.94. The van der Waals surface area contributed by atoms with Crippen molar-refractivity contribution in [2.24, 2.45) is 0 Å². The van der Waals surface area contributed by atoms with E-state index in [9.17, 15) is 9.18 Å². The average molecular weight is 364 g/mol. The van der Waals surface area contributed by atoms with Gasteiger partial charge >= 0.3 is 0 Å². The Morgan fingerprint density at radius 3 is 2.44 bits per heavy atom. The maximum Gasteiger partial charge on any atom is 0.251 e. The van der Waals surface area contributed by atoms with Crippen LogP contribution in [0.1, 0.15) is 30.6 Å². The van der Waals surface area contributed by atoms with Crippen molar-refractivity contribution in [1.29, 1.82) is 0 Å². The quantitative estimate of drug-likeness (QED) is 0.673. The lowest BCUT2D eigenvalue weighted by Crippen LogP contribution is -2.31. The van der Waals surface area contributed by atoms with Gasteiger partial charge in [-0.25, -0.2) is 14.4 Å². The van der Waals surface area contributed by atoms with Crippen LogP contribution in [0.3, 0.4) is 0 Å². The van der Waals surface area contributed by atoms with Gasteiger partial charge in [0.15, 0.2) is 5.82 Å². The fraction of sp³-hybridized carbons (Fsp3) is 0.190. The summed E-state index contributed by atoms with van der Waals surface area (Å²) in [6.07, 6.45) is 2.53. The fourth-order valence-electron chi connectivity index (χ4n) is 2.43. The number of halogens is 1. The molecule has 0 radical (unpaired) electrons. The minimum Gasteiger partial charge on any atom is -0.350 e. The molecule has 3 rings (SSSR count). The summed E-state index contributed by atoms with van der Waals surface area (Å²) in [5.41, 5.74) is 2.14. The fourth-order valence-corrected chi connectivity index (χ4v) is 2.43. The van der Waals surface area contributed by atoms with E-state index in [4.69, 9.17) is 0 Å². The first-order chi connectivity index (χ1) is 13.0. The molecule has 1 unspecified atom stereocenters. The standard InChI is InChI=1S/C21H21FN4O/c1-3-14(2)24-21(27)16-6-10-18(11-7-16)25-19-12-13-23-20(26-19)15-4-8-17(22)9-5-15/h4-14H,3H2,1-2H3,(H,24,27)(H,23,25,26). The molecule has 1 aromatic heterocycles. The number of aromatic nitrogens is 2. The molecular formula is C21H21FN4O. The minimum atomic E-state index is -0.300. The zero-order chi connectivity index (χ0) is 19.2. The van der Waals surface area contributed by atoms with Crippen molar-refractivity contribution in [2.75, 3.05) is 5.32 Å². The SMILES string of the molecule is CCC(C)NC(=O)c1ccc(Nc2ccnc(-c3ccc(F)cc3)n2)cc1. The number of benzene rings is 2. The molecule has 0 aliphatic rings. The van der Waals surface area contributed by atoms with Crippen LogP contribution in [0.5, 0.6) is 0 Å². The molecule has 0 saturated carbocycles. The van der Waals surface area contributed by atoms with E-state index in [1.54, 1.807) is 36.5 Å². The zero-order valence-electron chi connectivity index (χ0n) is 15.2. The molecule has 0 aliphatic heterocycles. The van der Waals surface area contributed by atoms with Crippen LogP contribution in [0, 0.1) is 5.82 Å². The Hall–Kier alpha value is -3.28.